The maximum Gasteiger partial charge on any atom is 0.306 e. The van der Waals surface area contributed by atoms with Crippen LogP contribution in [-0.4, -0.2) is 30.1 Å². The Kier molecular flexibility index (Phi) is 32.7. The number of nitrogens with two attached hydrogens (primary N) is 1. The standard InChI is InChI=1S/C40H73NO5/c1-4-6-8-10-12-14-16-18-20-22-24-26-28-30-32-34-37(42)45-36(3)39(40(41)44)46-38(43)35-33-31-29-27-25-23-21-19-17-15-13-11-9-7-5-2/h18-21,36,39H,4-17,22-35H2,1-3H3,(H2,41,44)/b20-18-,21-19-. The molecule has 0 rings (SSSR count). The molecule has 0 aromatic carbocycles. The van der Waals surface area contributed by atoms with E-state index in [2.05, 4.69) is 38.2 Å². The van der Waals surface area contributed by atoms with E-state index in [9.17, 15) is 14.4 Å². The van der Waals surface area contributed by atoms with Gasteiger partial charge in [0.05, 0.1) is 0 Å². The van der Waals surface area contributed by atoms with Crippen molar-refractivity contribution >= 4 is 17.8 Å². The summed E-state index contributed by atoms with van der Waals surface area (Å²) < 4.78 is 10.7. The number of hydrogen-bond acceptors (Lipinski definition) is 5. The molecule has 0 saturated heterocycles. The number of carbonyl (C=O) groups excluding carboxylic acids is 3. The second-order valence-corrected chi connectivity index (χ2v) is 13.2. The maximum atomic E-state index is 12.3. The first-order valence-electron chi connectivity index (χ1n) is 19.4. The van der Waals surface area contributed by atoms with Crippen molar-refractivity contribution in [2.24, 2.45) is 5.73 Å². The zero-order valence-corrected chi connectivity index (χ0v) is 30.4. The summed E-state index contributed by atoms with van der Waals surface area (Å²) in [5, 5.41) is 0. The Morgan fingerprint density at radius 1 is 0.478 bits per heavy atom. The van der Waals surface area contributed by atoms with E-state index in [1.54, 1.807) is 6.92 Å². The Morgan fingerprint density at radius 3 is 1.13 bits per heavy atom. The molecule has 6 heteroatoms. The van der Waals surface area contributed by atoms with Gasteiger partial charge >= 0.3 is 11.9 Å². The summed E-state index contributed by atoms with van der Waals surface area (Å²) >= 11 is 0. The minimum atomic E-state index is -1.26. The molecule has 0 aliphatic rings. The molecule has 0 spiro atoms. The van der Waals surface area contributed by atoms with E-state index in [0.29, 0.717) is 6.42 Å². The van der Waals surface area contributed by atoms with Crippen LogP contribution in [0.25, 0.3) is 0 Å². The third-order valence-corrected chi connectivity index (χ3v) is 8.57. The highest BCUT2D eigenvalue weighted by molar-refractivity contribution is 5.83. The molecule has 0 fully saturated rings. The second kappa shape index (κ2) is 34.2. The number of unbranched alkanes of at least 4 members (excludes halogenated alkanes) is 22. The molecule has 2 atom stereocenters. The number of hydrogen-bond donors (Lipinski definition) is 1. The Labute approximate surface area is 284 Å². The largest absolute Gasteiger partial charge is 0.458 e. The first-order valence-corrected chi connectivity index (χ1v) is 19.4. The zero-order valence-electron chi connectivity index (χ0n) is 30.4. The van der Waals surface area contributed by atoms with Crippen molar-refractivity contribution in [3.63, 3.8) is 0 Å². The van der Waals surface area contributed by atoms with Gasteiger partial charge < -0.3 is 15.2 Å². The van der Waals surface area contributed by atoms with Crippen molar-refractivity contribution in [2.45, 2.75) is 213 Å². The van der Waals surface area contributed by atoms with Crippen LogP contribution in [0.1, 0.15) is 201 Å². The van der Waals surface area contributed by atoms with Crippen LogP contribution in [0, 0.1) is 0 Å². The molecule has 0 aliphatic carbocycles. The van der Waals surface area contributed by atoms with Gasteiger partial charge in [-0.05, 0) is 71.1 Å². The molecular weight excluding hydrogens is 574 g/mol. The van der Waals surface area contributed by atoms with Gasteiger partial charge in [0.1, 0.15) is 6.10 Å². The summed E-state index contributed by atoms with van der Waals surface area (Å²) in [6.07, 6.45) is 38.5. The molecule has 0 aromatic heterocycles. The first-order chi connectivity index (χ1) is 22.4. The Balaban J connectivity index is 3.83. The Morgan fingerprint density at radius 2 is 0.783 bits per heavy atom. The van der Waals surface area contributed by atoms with Gasteiger partial charge in [0, 0.05) is 12.8 Å². The normalized spacial score (nSPS) is 12.9. The van der Waals surface area contributed by atoms with E-state index < -0.39 is 24.1 Å². The third-order valence-electron chi connectivity index (χ3n) is 8.57. The van der Waals surface area contributed by atoms with Gasteiger partial charge in [-0.1, -0.05) is 141 Å². The maximum absolute atomic E-state index is 12.3. The van der Waals surface area contributed by atoms with Crippen molar-refractivity contribution in [3.8, 4) is 0 Å². The lowest BCUT2D eigenvalue weighted by Gasteiger charge is -2.21. The number of primary amides is 1. The smallest absolute Gasteiger partial charge is 0.306 e. The van der Waals surface area contributed by atoms with Crippen molar-refractivity contribution in [1.29, 1.82) is 0 Å². The molecule has 268 valence electrons. The number of carbonyl (C=O) groups is 3. The van der Waals surface area contributed by atoms with Gasteiger partial charge in [0.25, 0.3) is 5.91 Å². The average Bonchev–Trinajstić information content (AvgIpc) is 3.03. The highest BCUT2D eigenvalue weighted by Gasteiger charge is 2.29. The zero-order chi connectivity index (χ0) is 33.9. The van der Waals surface area contributed by atoms with Crippen molar-refractivity contribution < 1.29 is 23.9 Å². The first kappa shape index (κ1) is 43.9. The van der Waals surface area contributed by atoms with Gasteiger partial charge in [0.15, 0.2) is 0 Å². The lowest BCUT2D eigenvalue weighted by atomic mass is 10.1. The van der Waals surface area contributed by atoms with E-state index in [1.807, 2.05) is 0 Å². The minimum absolute atomic E-state index is 0.234. The summed E-state index contributed by atoms with van der Waals surface area (Å²) in [6, 6.07) is 0. The number of esters is 2. The van der Waals surface area contributed by atoms with Crippen molar-refractivity contribution in [1.82, 2.24) is 0 Å². The quantitative estimate of drug-likeness (QED) is 0.0426. The van der Waals surface area contributed by atoms with Crippen LogP contribution in [0.15, 0.2) is 24.3 Å². The highest BCUT2D eigenvalue weighted by Crippen LogP contribution is 2.14. The summed E-state index contributed by atoms with van der Waals surface area (Å²) in [4.78, 5) is 36.5. The molecule has 46 heavy (non-hydrogen) atoms. The van der Waals surface area contributed by atoms with Crippen LogP contribution >= 0.6 is 0 Å². The summed E-state index contributed by atoms with van der Waals surface area (Å²) in [7, 11) is 0. The Bertz CT molecular complexity index is 778. The van der Waals surface area contributed by atoms with Crippen LogP contribution < -0.4 is 5.73 Å². The van der Waals surface area contributed by atoms with Crippen LogP contribution in [0.3, 0.4) is 0 Å². The lowest BCUT2D eigenvalue weighted by molar-refractivity contribution is -0.170. The molecular formula is C40H73NO5. The van der Waals surface area contributed by atoms with Gasteiger partial charge in [-0.3, -0.25) is 14.4 Å². The molecule has 6 nitrogen and oxygen atoms in total. The molecule has 0 heterocycles. The predicted octanol–water partition coefficient (Wildman–Crippen LogP) is 11.4. The van der Waals surface area contributed by atoms with Gasteiger partial charge in [-0.25, -0.2) is 0 Å². The van der Waals surface area contributed by atoms with Gasteiger partial charge in [0.2, 0.25) is 6.10 Å². The molecule has 0 bridgehead atoms. The average molecular weight is 648 g/mol. The molecule has 0 aromatic rings. The number of amides is 1. The molecule has 0 radical (unpaired) electrons. The van der Waals surface area contributed by atoms with E-state index >= 15 is 0 Å². The van der Waals surface area contributed by atoms with E-state index in [1.165, 1.54) is 103 Å². The summed E-state index contributed by atoms with van der Waals surface area (Å²) in [5.74, 6) is -1.65. The van der Waals surface area contributed by atoms with Gasteiger partial charge in [-0.15, -0.1) is 0 Å². The van der Waals surface area contributed by atoms with Crippen molar-refractivity contribution in [2.75, 3.05) is 0 Å². The number of rotatable bonds is 34. The molecule has 2 unspecified atom stereocenters. The second-order valence-electron chi connectivity index (χ2n) is 13.2. The van der Waals surface area contributed by atoms with Crippen LogP contribution in [0.2, 0.25) is 0 Å². The molecule has 0 saturated carbocycles. The summed E-state index contributed by atoms with van der Waals surface area (Å²) in [6.45, 7) is 6.06. The fourth-order valence-corrected chi connectivity index (χ4v) is 5.59. The number of allylic oxidation sites excluding steroid dienone is 4. The van der Waals surface area contributed by atoms with Gasteiger partial charge in [-0.2, -0.15) is 0 Å². The predicted molar refractivity (Wildman–Crippen MR) is 194 cm³/mol. The fourth-order valence-electron chi connectivity index (χ4n) is 5.59. The highest BCUT2D eigenvalue weighted by atomic mass is 16.6. The van der Waals surface area contributed by atoms with Crippen LogP contribution in [-0.2, 0) is 23.9 Å². The monoisotopic (exact) mass is 648 g/mol. The Hall–Kier alpha value is -2.11. The summed E-state index contributed by atoms with van der Waals surface area (Å²) in [5.41, 5.74) is 5.47. The van der Waals surface area contributed by atoms with E-state index in [-0.39, 0.29) is 18.8 Å². The van der Waals surface area contributed by atoms with E-state index in [0.717, 1.165) is 57.8 Å². The molecule has 1 amide bonds. The molecule has 2 N–H and O–H groups in total. The SMILES string of the molecule is CCCCCCCC/C=C\CCCCCCCC(=O)OC(C)C(OC(=O)CCCCCCC/C=C\CCCCCCCC)C(N)=O. The van der Waals surface area contributed by atoms with Crippen LogP contribution in [0.5, 0.6) is 0 Å². The van der Waals surface area contributed by atoms with E-state index in [4.69, 9.17) is 15.2 Å². The lowest BCUT2D eigenvalue weighted by Crippen LogP contribution is -2.43. The fraction of sp³-hybridized carbons (Fsp3) is 0.825. The number of ether oxygens (including phenoxy) is 2. The third kappa shape index (κ3) is 30.5. The minimum Gasteiger partial charge on any atom is -0.458 e. The molecule has 0 aliphatic heterocycles. The topological polar surface area (TPSA) is 95.7 Å². The van der Waals surface area contributed by atoms with Crippen LogP contribution in [0.4, 0.5) is 0 Å². The van der Waals surface area contributed by atoms with Crippen molar-refractivity contribution in [3.05, 3.63) is 24.3 Å².